The maximum Gasteiger partial charge on any atom is 0.293 e. The van der Waals surface area contributed by atoms with Crippen LogP contribution in [0.25, 0.3) is 0 Å². The number of nitro benzene ring substituents is 1. The summed E-state index contributed by atoms with van der Waals surface area (Å²) in [5.41, 5.74) is 0.877. The minimum atomic E-state index is -0.424. The van der Waals surface area contributed by atoms with Crippen molar-refractivity contribution in [1.82, 2.24) is 0 Å². The standard InChI is InChI=1S/C14H16N2O3/c17-8-9-1-6-12(13(7-9)16(18)19)15-14(10-2-3-10)11-4-5-11/h1,6-8,10-11,14-15H,2-5H2. The molecule has 0 atom stereocenters. The van der Waals surface area contributed by atoms with E-state index in [1.165, 1.54) is 31.7 Å². The van der Waals surface area contributed by atoms with Crippen LogP contribution in [-0.4, -0.2) is 17.3 Å². The lowest BCUT2D eigenvalue weighted by atomic mass is 10.1. The molecule has 2 saturated carbocycles. The number of carbonyl (C=O) groups excluding carboxylic acids is 1. The number of rotatable bonds is 6. The van der Waals surface area contributed by atoms with Gasteiger partial charge in [-0.25, -0.2) is 0 Å². The second-order valence-electron chi connectivity index (χ2n) is 5.50. The predicted molar refractivity (Wildman–Crippen MR) is 71.3 cm³/mol. The Balaban J connectivity index is 1.86. The fourth-order valence-corrected chi connectivity index (χ4v) is 2.61. The quantitative estimate of drug-likeness (QED) is 0.485. The minimum Gasteiger partial charge on any atom is -0.376 e. The molecule has 5 nitrogen and oxygen atoms in total. The van der Waals surface area contributed by atoms with Crippen LogP contribution in [0.5, 0.6) is 0 Å². The third-order valence-electron chi connectivity index (χ3n) is 3.94. The van der Waals surface area contributed by atoms with Crippen LogP contribution in [0.1, 0.15) is 36.0 Å². The second-order valence-corrected chi connectivity index (χ2v) is 5.50. The smallest absolute Gasteiger partial charge is 0.293 e. The van der Waals surface area contributed by atoms with Gasteiger partial charge < -0.3 is 5.32 Å². The number of benzene rings is 1. The van der Waals surface area contributed by atoms with Gasteiger partial charge in [0, 0.05) is 17.7 Å². The summed E-state index contributed by atoms with van der Waals surface area (Å²) in [4.78, 5) is 21.4. The number of nitrogens with one attached hydrogen (secondary N) is 1. The molecular formula is C14H16N2O3. The van der Waals surface area contributed by atoms with E-state index in [-0.39, 0.29) is 5.69 Å². The van der Waals surface area contributed by atoms with Crippen LogP contribution in [-0.2, 0) is 0 Å². The van der Waals surface area contributed by atoms with E-state index in [4.69, 9.17) is 0 Å². The summed E-state index contributed by atoms with van der Waals surface area (Å²) in [6, 6.07) is 4.98. The molecule has 0 bridgehead atoms. The number of aldehydes is 1. The molecule has 0 unspecified atom stereocenters. The molecule has 5 heteroatoms. The van der Waals surface area contributed by atoms with Crippen LogP contribution in [0.3, 0.4) is 0 Å². The van der Waals surface area contributed by atoms with Crippen LogP contribution >= 0.6 is 0 Å². The molecule has 0 aliphatic heterocycles. The zero-order valence-corrected chi connectivity index (χ0v) is 10.5. The van der Waals surface area contributed by atoms with Crippen molar-refractivity contribution in [2.45, 2.75) is 31.7 Å². The van der Waals surface area contributed by atoms with E-state index in [2.05, 4.69) is 5.32 Å². The SMILES string of the molecule is O=Cc1ccc(NC(C2CC2)C2CC2)c([N+](=O)[O-])c1. The molecule has 0 heterocycles. The normalized spacial score (nSPS) is 18.4. The Bertz CT molecular complexity index is 509. The molecule has 1 aromatic carbocycles. The monoisotopic (exact) mass is 260 g/mol. The van der Waals surface area contributed by atoms with Crippen LogP contribution in [0, 0.1) is 22.0 Å². The van der Waals surface area contributed by atoms with Gasteiger partial charge in [0.15, 0.2) is 0 Å². The van der Waals surface area contributed by atoms with E-state index in [1.54, 1.807) is 12.1 Å². The van der Waals surface area contributed by atoms with E-state index >= 15 is 0 Å². The first-order valence-electron chi connectivity index (χ1n) is 6.69. The molecule has 100 valence electrons. The van der Waals surface area contributed by atoms with Gasteiger partial charge >= 0.3 is 0 Å². The fraction of sp³-hybridized carbons (Fsp3) is 0.500. The van der Waals surface area contributed by atoms with Crippen molar-refractivity contribution in [2.24, 2.45) is 11.8 Å². The molecule has 0 amide bonds. The summed E-state index contributed by atoms with van der Waals surface area (Å²) in [7, 11) is 0. The molecule has 1 N–H and O–H groups in total. The maximum absolute atomic E-state index is 11.1. The van der Waals surface area contributed by atoms with Gasteiger partial charge in [-0.3, -0.25) is 14.9 Å². The Hall–Kier alpha value is -1.91. The van der Waals surface area contributed by atoms with Crippen molar-refractivity contribution in [2.75, 3.05) is 5.32 Å². The van der Waals surface area contributed by atoms with Crippen LogP contribution in [0.2, 0.25) is 0 Å². The van der Waals surface area contributed by atoms with Gasteiger partial charge in [0.2, 0.25) is 0 Å². The molecule has 0 aromatic heterocycles. The highest BCUT2D eigenvalue weighted by Crippen LogP contribution is 2.46. The molecule has 2 fully saturated rings. The lowest BCUT2D eigenvalue weighted by Gasteiger charge is -2.19. The summed E-state index contributed by atoms with van der Waals surface area (Å²) < 4.78 is 0. The van der Waals surface area contributed by atoms with Gasteiger partial charge in [0.1, 0.15) is 12.0 Å². The van der Waals surface area contributed by atoms with Crippen LogP contribution in [0.4, 0.5) is 11.4 Å². The molecule has 0 radical (unpaired) electrons. The summed E-state index contributed by atoms with van der Waals surface area (Å²) in [5.74, 6) is 1.33. The number of hydrogen-bond acceptors (Lipinski definition) is 4. The minimum absolute atomic E-state index is 0.00380. The van der Waals surface area contributed by atoms with Gasteiger partial charge in [-0.1, -0.05) is 0 Å². The largest absolute Gasteiger partial charge is 0.376 e. The maximum atomic E-state index is 11.1. The van der Waals surface area contributed by atoms with Crippen molar-refractivity contribution in [1.29, 1.82) is 0 Å². The highest BCUT2D eigenvalue weighted by Gasteiger charge is 2.42. The summed E-state index contributed by atoms with van der Waals surface area (Å²) >= 11 is 0. The first-order chi connectivity index (χ1) is 9.19. The van der Waals surface area contributed by atoms with Crippen LogP contribution in [0.15, 0.2) is 18.2 Å². The average molecular weight is 260 g/mol. The first-order valence-corrected chi connectivity index (χ1v) is 6.69. The van der Waals surface area contributed by atoms with Gasteiger partial charge in [-0.2, -0.15) is 0 Å². The predicted octanol–water partition coefficient (Wildman–Crippen LogP) is 3.01. The van der Waals surface area contributed by atoms with Gasteiger partial charge in [-0.15, -0.1) is 0 Å². The Kier molecular flexibility index (Phi) is 2.97. The molecule has 2 aliphatic rings. The van der Waals surface area contributed by atoms with Crippen molar-refractivity contribution in [3.05, 3.63) is 33.9 Å². The topological polar surface area (TPSA) is 72.2 Å². The van der Waals surface area contributed by atoms with Crippen molar-refractivity contribution < 1.29 is 9.72 Å². The highest BCUT2D eigenvalue weighted by molar-refractivity contribution is 5.79. The molecule has 1 aromatic rings. The summed E-state index contributed by atoms with van der Waals surface area (Å²) in [6.07, 6.45) is 5.50. The first kappa shape index (κ1) is 12.1. The van der Waals surface area contributed by atoms with E-state index in [9.17, 15) is 14.9 Å². The number of anilines is 1. The van der Waals surface area contributed by atoms with E-state index < -0.39 is 4.92 Å². The Morgan fingerprint density at radius 1 is 1.26 bits per heavy atom. The zero-order valence-electron chi connectivity index (χ0n) is 10.5. The van der Waals surface area contributed by atoms with Gasteiger partial charge in [-0.05, 0) is 49.7 Å². The molecule has 0 spiro atoms. The van der Waals surface area contributed by atoms with Crippen molar-refractivity contribution in [3.63, 3.8) is 0 Å². The summed E-state index contributed by atoms with van der Waals surface area (Å²) in [6.45, 7) is 0. The Labute approximate surface area is 111 Å². The third kappa shape index (κ3) is 2.59. The number of nitro groups is 1. The highest BCUT2D eigenvalue weighted by atomic mass is 16.6. The van der Waals surface area contributed by atoms with E-state index in [0.717, 1.165) is 0 Å². The van der Waals surface area contributed by atoms with E-state index in [1.807, 2.05) is 0 Å². The lowest BCUT2D eigenvalue weighted by molar-refractivity contribution is -0.384. The van der Waals surface area contributed by atoms with Gasteiger partial charge in [0.25, 0.3) is 5.69 Å². The molecule has 19 heavy (non-hydrogen) atoms. The fourth-order valence-electron chi connectivity index (χ4n) is 2.61. The molecule has 2 aliphatic carbocycles. The Morgan fingerprint density at radius 3 is 2.37 bits per heavy atom. The number of carbonyl (C=O) groups is 1. The second kappa shape index (κ2) is 4.64. The van der Waals surface area contributed by atoms with E-state index in [0.29, 0.717) is 35.4 Å². The lowest BCUT2D eigenvalue weighted by Crippen LogP contribution is -2.24. The van der Waals surface area contributed by atoms with Gasteiger partial charge in [0.05, 0.1) is 4.92 Å². The molecule has 0 saturated heterocycles. The molecular weight excluding hydrogens is 244 g/mol. The third-order valence-corrected chi connectivity index (χ3v) is 3.94. The summed E-state index contributed by atoms with van der Waals surface area (Å²) in [5, 5.41) is 14.4. The van der Waals surface area contributed by atoms with Crippen molar-refractivity contribution >= 4 is 17.7 Å². The number of hydrogen-bond donors (Lipinski definition) is 1. The zero-order chi connectivity index (χ0) is 13.4. The number of nitrogens with zero attached hydrogens (tertiary/aromatic N) is 1. The van der Waals surface area contributed by atoms with Crippen molar-refractivity contribution in [3.8, 4) is 0 Å². The Morgan fingerprint density at radius 2 is 1.89 bits per heavy atom. The van der Waals surface area contributed by atoms with Crippen LogP contribution < -0.4 is 5.32 Å². The molecule has 3 rings (SSSR count). The average Bonchev–Trinajstić information content (AvgIpc) is 3.29.